The predicted octanol–water partition coefficient (Wildman–Crippen LogP) is 1.94. The summed E-state index contributed by atoms with van der Waals surface area (Å²) in [6.07, 6.45) is 0. The van der Waals surface area contributed by atoms with E-state index in [-0.39, 0.29) is 11.4 Å². The Morgan fingerprint density at radius 1 is 1.04 bits per heavy atom. The number of anilines is 1. The summed E-state index contributed by atoms with van der Waals surface area (Å²) in [5.74, 6) is -1.43. The molecule has 0 aromatic heterocycles. The molecule has 0 unspecified atom stereocenters. The lowest BCUT2D eigenvalue weighted by molar-refractivity contribution is 0.0692. The Kier molecular flexibility index (Phi) is 4.74. The number of phenolic OH excluding ortho intramolecular Hbond substituents is 1. The van der Waals surface area contributed by atoms with Crippen molar-refractivity contribution < 1.29 is 28.2 Å². The van der Waals surface area contributed by atoms with Gasteiger partial charge in [-0.15, -0.1) is 0 Å². The van der Waals surface area contributed by atoms with Crippen LogP contribution in [0.25, 0.3) is 0 Å². The number of carbonyl (C=O) groups is 2. The van der Waals surface area contributed by atoms with Gasteiger partial charge in [-0.25, -0.2) is 22.3 Å². The minimum Gasteiger partial charge on any atom is -0.508 e. The van der Waals surface area contributed by atoms with E-state index >= 15 is 0 Å². The Morgan fingerprint density at radius 2 is 1.62 bits per heavy atom. The number of sulfonamides is 1. The SMILES string of the molecule is CN(C(=O)Nc1ccc(O)cc1)S(=O)(=O)c1ccccc1C(=O)O. The molecule has 3 N–H and O–H groups in total. The van der Waals surface area contributed by atoms with E-state index in [9.17, 15) is 23.1 Å². The summed E-state index contributed by atoms with van der Waals surface area (Å²) in [5, 5.41) is 20.6. The molecular weight excluding hydrogens is 336 g/mol. The van der Waals surface area contributed by atoms with Crippen LogP contribution < -0.4 is 5.32 Å². The summed E-state index contributed by atoms with van der Waals surface area (Å²) in [6, 6.07) is 9.46. The highest BCUT2D eigenvalue weighted by Gasteiger charge is 2.29. The van der Waals surface area contributed by atoms with Gasteiger partial charge in [0.25, 0.3) is 10.0 Å². The van der Waals surface area contributed by atoms with E-state index in [0.29, 0.717) is 4.31 Å². The highest BCUT2D eigenvalue weighted by Crippen LogP contribution is 2.21. The number of phenols is 1. The predicted molar refractivity (Wildman–Crippen MR) is 85.5 cm³/mol. The zero-order valence-electron chi connectivity index (χ0n) is 12.5. The molecule has 24 heavy (non-hydrogen) atoms. The van der Waals surface area contributed by atoms with Gasteiger partial charge < -0.3 is 15.5 Å². The van der Waals surface area contributed by atoms with E-state index in [1.54, 1.807) is 0 Å². The van der Waals surface area contributed by atoms with Gasteiger partial charge in [0.05, 0.1) is 5.56 Å². The Hall–Kier alpha value is -3.07. The van der Waals surface area contributed by atoms with Crippen LogP contribution in [0.4, 0.5) is 10.5 Å². The van der Waals surface area contributed by atoms with Crippen molar-refractivity contribution in [3.63, 3.8) is 0 Å². The van der Waals surface area contributed by atoms with Crippen LogP contribution in [0.5, 0.6) is 5.75 Å². The van der Waals surface area contributed by atoms with E-state index in [1.807, 2.05) is 0 Å². The smallest absolute Gasteiger partial charge is 0.337 e. The minimum atomic E-state index is -4.35. The molecule has 0 fully saturated rings. The van der Waals surface area contributed by atoms with Gasteiger partial charge in [-0.05, 0) is 36.4 Å². The van der Waals surface area contributed by atoms with Crippen LogP contribution in [-0.2, 0) is 10.0 Å². The second kappa shape index (κ2) is 6.59. The van der Waals surface area contributed by atoms with Crippen LogP contribution in [0.3, 0.4) is 0 Å². The van der Waals surface area contributed by atoms with Gasteiger partial charge >= 0.3 is 12.0 Å². The standard InChI is InChI=1S/C15H14N2O6S/c1-17(15(21)16-10-6-8-11(18)9-7-10)24(22,23)13-5-3-2-4-12(13)14(19)20/h2-9,18H,1H3,(H,16,21)(H,19,20). The fourth-order valence-electron chi connectivity index (χ4n) is 1.87. The maximum Gasteiger partial charge on any atom is 0.337 e. The summed E-state index contributed by atoms with van der Waals surface area (Å²) in [7, 11) is -3.33. The molecule has 0 aliphatic carbocycles. The second-order valence-corrected chi connectivity index (χ2v) is 6.69. The molecule has 0 aliphatic rings. The maximum absolute atomic E-state index is 12.5. The number of nitrogens with zero attached hydrogens (tertiary/aromatic N) is 1. The van der Waals surface area contributed by atoms with E-state index < -0.39 is 32.5 Å². The molecule has 2 aromatic carbocycles. The fourth-order valence-corrected chi connectivity index (χ4v) is 3.11. The molecule has 2 rings (SSSR count). The Labute approximate surface area is 138 Å². The van der Waals surface area contributed by atoms with Gasteiger partial charge in [0.1, 0.15) is 10.6 Å². The number of carbonyl (C=O) groups excluding carboxylic acids is 1. The second-order valence-electron chi connectivity index (χ2n) is 4.75. The number of aromatic carboxylic acids is 1. The van der Waals surface area contributed by atoms with Crippen LogP contribution in [0.1, 0.15) is 10.4 Å². The topological polar surface area (TPSA) is 124 Å². The van der Waals surface area contributed by atoms with Crippen molar-refractivity contribution in [3.05, 3.63) is 54.1 Å². The van der Waals surface area contributed by atoms with E-state index in [4.69, 9.17) is 5.11 Å². The third kappa shape index (κ3) is 3.46. The minimum absolute atomic E-state index is 0.00985. The molecule has 0 bridgehead atoms. The molecule has 0 saturated carbocycles. The first-order chi connectivity index (χ1) is 11.2. The maximum atomic E-state index is 12.5. The summed E-state index contributed by atoms with van der Waals surface area (Å²) in [6.45, 7) is 0. The number of aromatic hydroxyl groups is 1. The summed E-state index contributed by atoms with van der Waals surface area (Å²) >= 11 is 0. The third-order valence-electron chi connectivity index (χ3n) is 3.16. The molecule has 2 amide bonds. The van der Waals surface area contributed by atoms with E-state index in [1.165, 1.54) is 36.4 Å². The number of rotatable bonds is 4. The molecule has 0 saturated heterocycles. The van der Waals surface area contributed by atoms with Crippen molar-refractivity contribution in [2.24, 2.45) is 0 Å². The zero-order chi connectivity index (χ0) is 17.9. The molecule has 0 radical (unpaired) electrons. The molecule has 2 aromatic rings. The number of hydrogen-bond donors (Lipinski definition) is 3. The largest absolute Gasteiger partial charge is 0.508 e. The quantitative estimate of drug-likeness (QED) is 0.724. The molecule has 0 aliphatic heterocycles. The van der Waals surface area contributed by atoms with Crippen LogP contribution in [-0.4, -0.2) is 42.0 Å². The monoisotopic (exact) mass is 350 g/mol. The fraction of sp³-hybridized carbons (Fsp3) is 0.0667. The van der Waals surface area contributed by atoms with Crippen molar-refractivity contribution in [3.8, 4) is 5.75 Å². The van der Waals surface area contributed by atoms with E-state index in [2.05, 4.69) is 5.32 Å². The van der Waals surface area contributed by atoms with Crippen LogP contribution >= 0.6 is 0 Å². The number of nitrogens with one attached hydrogen (secondary N) is 1. The Balaban J connectivity index is 2.30. The van der Waals surface area contributed by atoms with Gasteiger partial charge in [0.15, 0.2) is 0 Å². The summed E-state index contributed by atoms with van der Waals surface area (Å²) in [4.78, 5) is 22.8. The molecule has 126 valence electrons. The number of carboxylic acid groups (broad SMARTS) is 1. The lowest BCUT2D eigenvalue weighted by atomic mass is 10.2. The van der Waals surface area contributed by atoms with Gasteiger partial charge in [-0.2, -0.15) is 0 Å². The molecule has 0 heterocycles. The molecule has 0 spiro atoms. The first-order valence-electron chi connectivity index (χ1n) is 6.65. The van der Waals surface area contributed by atoms with E-state index in [0.717, 1.165) is 19.2 Å². The van der Waals surface area contributed by atoms with Crippen LogP contribution in [0, 0.1) is 0 Å². The van der Waals surface area contributed by atoms with Crippen molar-refractivity contribution in [2.45, 2.75) is 4.90 Å². The summed E-state index contributed by atoms with van der Waals surface area (Å²) in [5.41, 5.74) is -0.159. The summed E-state index contributed by atoms with van der Waals surface area (Å²) < 4.78 is 25.4. The average Bonchev–Trinajstić information content (AvgIpc) is 2.56. The average molecular weight is 350 g/mol. The zero-order valence-corrected chi connectivity index (χ0v) is 13.3. The Bertz CT molecular complexity index is 877. The molecule has 9 heteroatoms. The van der Waals surface area contributed by atoms with Gasteiger partial charge in [0.2, 0.25) is 0 Å². The highest BCUT2D eigenvalue weighted by atomic mass is 32.2. The lowest BCUT2D eigenvalue weighted by Gasteiger charge is -2.19. The molecule has 8 nitrogen and oxygen atoms in total. The van der Waals surface area contributed by atoms with Gasteiger partial charge in [-0.3, -0.25) is 0 Å². The Morgan fingerprint density at radius 3 is 2.21 bits per heavy atom. The number of hydrogen-bond acceptors (Lipinski definition) is 5. The lowest BCUT2D eigenvalue weighted by Crippen LogP contribution is -2.37. The van der Waals surface area contributed by atoms with Crippen molar-refractivity contribution in [2.75, 3.05) is 12.4 Å². The van der Waals surface area contributed by atoms with Gasteiger partial charge in [-0.1, -0.05) is 12.1 Å². The number of carboxylic acids is 1. The number of amides is 2. The highest BCUT2D eigenvalue weighted by molar-refractivity contribution is 7.89. The van der Waals surface area contributed by atoms with Gasteiger partial charge in [0, 0.05) is 12.7 Å². The van der Waals surface area contributed by atoms with Crippen molar-refractivity contribution >= 4 is 27.7 Å². The normalized spacial score (nSPS) is 10.9. The first-order valence-corrected chi connectivity index (χ1v) is 8.09. The van der Waals surface area contributed by atoms with Crippen molar-refractivity contribution in [1.82, 2.24) is 4.31 Å². The van der Waals surface area contributed by atoms with Crippen LogP contribution in [0.15, 0.2) is 53.4 Å². The first kappa shape index (κ1) is 17.3. The number of urea groups is 1. The number of benzene rings is 2. The molecule has 0 atom stereocenters. The molecular formula is C15H14N2O6S. The third-order valence-corrected chi connectivity index (χ3v) is 4.96. The van der Waals surface area contributed by atoms with Crippen LogP contribution in [0.2, 0.25) is 0 Å². The van der Waals surface area contributed by atoms with Crippen molar-refractivity contribution in [1.29, 1.82) is 0 Å².